The van der Waals surface area contributed by atoms with Crippen molar-refractivity contribution in [3.63, 3.8) is 0 Å². The van der Waals surface area contributed by atoms with Crippen molar-refractivity contribution in [3.05, 3.63) is 53.9 Å². The van der Waals surface area contributed by atoms with E-state index in [1.54, 1.807) is 25.4 Å². The molecule has 0 saturated carbocycles. The molecule has 0 aliphatic carbocycles. The predicted octanol–water partition coefficient (Wildman–Crippen LogP) is 3.37. The molecule has 2 rings (SSSR count). The number of ketones is 1. The monoisotopic (exact) mass is 273 g/mol. The first kappa shape index (κ1) is 13.6. The predicted molar refractivity (Wildman–Crippen MR) is 77.0 cm³/mol. The Bertz CT molecular complexity index is 584. The van der Waals surface area contributed by atoms with Gasteiger partial charge in [-0.3, -0.25) is 4.79 Å². The van der Waals surface area contributed by atoms with Gasteiger partial charge >= 0.3 is 0 Å². The van der Waals surface area contributed by atoms with Gasteiger partial charge in [0.2, 0.25) is 0 Å². The third-order valence-electron chi connectivity index (χ3n) is 2.71. The number of benzene rings is 1. The highest BCUT2D eigenvalue weighted by Gasteiger charge is 2.13. The van der Waals surface area contributed by atoms with Gasteiger partial charge in [-0.2, -0.15) is 0 Å². The van der Waals surface area contributed by atoms with Crippen LogP contribution >= 0.6 is 11.8 Å². The van der Waals surface area contributed by atoms with Gasteiger partial charge in [0.25, 0.3) is 0 Å². The molecule has 0 saturated heterocycles. The van der Waals surface area contributed by atoms with Gasteiger partial charge in [-0.25, -0.2) is 4.98 Å². The number of carbonyl (C=O) groups is 1. The first-order valence-corrected chi connectivity index (χ1v) is 6.91. The second kappa shape index (κ2) is 6.38. The van der Waals surface area contributed by atoms with Crippen molar-refractivity contribution in [2.24, 2.45) is 0 Å². The van der Waals surface area contributed by atoms with Gasteiger partial charge in [-0.1, -0.05) is 18.2 Å². The van der Waals surface area contributed by atoms with Crippen LogP contribution in [0.2, 0.25) is 0 Å². The van der Waals surface area contributed by atoms with E-state index in [1.165, 1.54) is 17.3 Å². The van der Waals surface area contributed by atoms with Crippen LogP contribution < -0.4 is 4.74 Å². The molecule has 0 bridgehead atoms. The van der Waals surface area contributed by atoms with E-state index in [1.807, 2.05) is 31.2 Å². The van der Waals surface area contributed by atoms with E-state index in [2.05, 4.69) is 4.98 Å². The van der Waals surface area contributed by atoms with Crippen LogP contribution in [-0.2, 0) is 0 Å². The van der Waals surface area contributed by atoms with Crippen LogP contribution in [0.1, 0.15) is 16.1 Å². The number of hydrogen-bond donors (Lipinski definition) is 0. The lowest BCUT2D eigenvalue weighted by molar-refractivity contribution is 0.101. The van der Waals surface area contributed by atoms with Gasteiger partial charge in [0, 0.05) is 11.1 Å². The summed E-state index contributed by atoms with van der Waals surface area (Å²) in [4.78, 5) is 17.4. The highest BCUT2D eigenvalue weighted by atomic mass is 32.2. The minimum Gasteiger partial charge on any atom is -0.494 e. The maximum atomic E-state index is 12.1. The van der Waals surface area contributed by atoms with Crippen LogP contribution in [0.5, 0.6) is 5.75 Å². The lowest BCUT2D eigenvalue weighted by Gasteiger charge is -2.07. The van der Waals surface area contributed by atoms with Gasteiger partial charge < -0.3 is 4.74 Å². The van der Waals surface area contributed by atoms with E-state index in [4.69, 9.17) is 4.74 Å². The fraction of sp³-hybridized carbons (Fsp3) is 0.200. The van der Waals surface area contributed by atoms with Crippen LogP contribution in [0.3, 0.4) is 0 Å². The number of carbonyl (C=O) groups excluding carboxylic acids is 1. The number of aromatic nitrogens is 1. The Kier molecular flexibility index (Phi) is 4.58. The van der Waals surface area contributed by atoms with Crippen LogP contribution in [0.25, 0.3) is 0 Å². The van der Waals surface area contributed by atoms with Crippen molar-refractivity contribution in [2.75, 3.05) is 12.9 Å². The summed E-state index contributed by atoms with van der Waals surface area (Å²) < 4.78 is 5.15. The van der Waals surface area contributed by atoms with Gasteiger partial charge in [0.15, 0.2) is 5.78 Å². The first-order valence-electron chi connectivity index (χ1n) is 5.93. The van der Waals surface area contributed by atoms with E-state index in [0.29, 0.717) is 17.2 Å². The molecular formula is C15H15NO2S. The van der Waals surface area contributed by atoms with E-state index < -0.39 is 0 Å². The Hall–Kier alpha value is -1.81. The largest absolute Gasteiger partial charge is 0.494 e. The van der Waals surface area contributed by atoms with E-state index >= 15 is 0 Å². The fourth-order valence-electron chi connectivity index (χ4n) is 1.69. The Morgan fingerprint density at radius 2 is 2.05 bits per heavy atom. The van der Waals surface area contributed by atoms with Crippen LogP contribution in [0.15, 0.2) is 47.5 Å². The van der Waals surface area contributed by atoms with Crippen molar-refractivity contribution in [1.82, 2.24) is 4.98 Å². The third kappa shape index (κ3) is 3.35. The lowest BCUT2D eigenvalue weighted by Crippen LogP contribution is -2.07. The molecule has 0 atom stereocenters. The number of rotatable bonds is 5. The molecule has 0 amide bonds. The lowest BCUT2D eigenvalue weighted by atomic mass is 10.2. The Labute approximate surface area is 117 Å². The van der Waals surface area contributed by atoms with Gasteiger partial charge in [0.05, 0.1) is 12.9 Å². The van der Waals surface area contributed by atoms with Crippen molar-refractivity contribution < 1.29 is 9.53 Å². The molecule has 0 unspecified atom stereocenters. The minimum atomic E-state index is -0.0225. The maximum absolute atomic E-state index is 12.1. The average Bonchev–Trinajstić information content (AvgIpc) is 2.46. The standard InChI is InChI=1S/C15H15NO2S/c1-11-6-3-4-8-14(11)19-10-12(17)15-13(18-2)7-5-9-16-15/h3-9H,10H2,1-2H3. The van der Waals surface area contributed by atoms with Crippen molar-refractivity contribution in [2.45, 2.75) is 11.8 Å². The number of ether oxygens (including phenoxy) is 1. The van der Waals surface area contributed by atoms with E-state index in [0.717, 1.165) is 4.90 Å². The first-order chi connectivity index (χ1) is 9.22. The molecule has 19 heavy (non-hydrogen) atoms. The quantitative estimate of drug-likeness (QED) is 0.618. The maximum Gasteiger partial charge on any atom is 0.195 e. The number of pyridine rings is 1. The number of hydrogen-bond acceptors (Lipinski definition) is 4. The summed E-state index contributed by atoms with van der Waals surface area (Å²) in [5, 5.41) is 0. The topological polar surface area (TPSA) is 39.2 Å². The molecule has 0 spiro atoms. The second-order valence-electron chi connectivity index (χ2n) is 4.03. The Morgan fingerprint density at radius 1 is 1.26 bits per heavy atom. The summed E-state index contributed by atoms with van der Waals surface area (Å²) in [6, 6.07) is 11.5. The number of methoxy groups -OCH3 is 1. The highest BCUT2D eigenvalue weighted by molar-refractivity contribution is 8.00. The summed E-state index contributed by atoms with van der Waals surface area (Å²) in [6.45, 7) is 2.04. The van der Waals surface area contributed by atoms with E-state index in [-0.39, 0.29) is 5.78 Å². The summed E-state index contributed by atoms with van der Waals surface area (Å²) in [6.07, 6.45) is 1.61. The Balaban J connectivity index is 2.08. The number of Topliss-reactive ketones (excluding diaryl/α,β-unsaturated/α-hetero) is 1. The number of aryl methyl sites for hydroxylation is 1. The zero-order chi connectivity index (χ0) is 13.7. The summed E-state index contributed by atoms with van der Waals surface area (Å²) in [7, 11) is 1.54. The molecule has 0 fully saturated rings. The molecular weight excluding hydrogens is 258 g/mol. The summed E-state index contributed by atoms with van der Waals surface area (Å²) >= 11 is 1.52. The van der Waals surface area contributed by atoms with Gasteiger partial charge in [-0.15, -0.1) is 11.8 Å². The van der Waals surface area contributed by atoms with Crippen LogP contribution in [-0.4, -0.2) is 23.6 Å². The SMILES string of the molecule is COc1cccnc1C(=O)CSc1ccccc1C. The number of nitrogens with zero attached hydrogens (tertiary/aromatic N) is 1. The molecule has 0 aliphatic heterocycles. The summed E-state index contributed by atoms with van der Waals surface area (Å²) in [5.41, 5.74) is 1.57. The molecule has 4 heteroatoms. The molecule has 1 aromatic carbocycles. The van der Waals surface area contributed by atoms with Gasteiger partial charge in [0.1, 0.15) is 11.4 Å². The van der Waals surface area contributed by atoms with Crippen molar-refractivity contribution >= 4 is 17.5 Å². The van der Waals surface area contributed by atoms with Crippen molar-refractivity contribution in [1.29, 1.82) is 0 Å². The molecule has 0 N–H and O–H groups in total. The third-order valence-corrected chi connectivity index (χ3v) is 3.88. The fourth-order valence-corrected chi connectivity index (χ4v) is 2.59. The normalized spacial score (nSPS) is 10.2. The molecule has 98 valence electrons. The van der Waals surface area contributed by atoms with Crippen LogP contribution in [0.4, 0.5) is 0 Å². The molecule has 1 aromatic heterocycles. The zero-order valence-electron chi connectivity index (χ0n) is 10.9. The number of thioether (sulfide) groups is 1. The highest BCUT2D eigenvalue weighted by Crippen LogP contribution is 2.24. The molecule has 1 heterocycles. The Morgan fingerprint density at radius 3 is 2.79 bits per heavy atom. The van der Waals surface area contributed by atoms with E-state index in [9.17, 15) is 4.79 Å². The van der Waals surface area contributed by atoms with Crippen molar-refractivity contribution in [3.8, 4) is 5.75 Å². The molecule has 2 aromatic rings. The average molecular weight is 273 g/mol. The minimum absolute atomic E-state index is 0.0225. The van der Waals surface area contributed by atoms with Crippen LogP contribution in [0, 0.1) is 6.92 Å². The zero-order valence-corrected chi connectivity index (χ0v) is 11.7. The molecule has 0 radical (unpaired) electrons. The molecule has 0 aliphatic rings. The smallest absolute Gasteiger partial charge is 0.195 e. The summed E-state index contributed by atoms with van der Waals surface area (Å²) in [5.74, 6) is 0.863. The molecule has 3 nitrogen and oxygen atoms in total. The second-order valence-corrected chi connectivity index (χ2v) is 5.05. The van der Waals surface area contributed by atoms with Gasteiger partial charge in [-0.05, 0) is 30.7 Å².